The minimum atomic E-state index is -0.906. The highest BCUT2D eigenvalue weighted by Crippen LogP contribution is 2.35. The average molecular weight is 571 g/mol. The number of nitrogens with zero attached hydrogens (tertiary/aromatic N) is 4. The molecule has 204 valence electrons. The van der Waals surface area contributed by atoms with E-state index in [2.05, 4.69) is 40.5 Å². The lowest BCUT2D eigenvalue weighted by Crippen LogP contribution is -2.45. The van der Waals surface area contributed by atoms with Crippen molar-refractivity contribution in [3.63, 3.8) is 0 Å². The molecule has 6 rings (SSSR count). The van der Waals surface area contributed by atoms with Crippen molar-refractivity contribution < 1.29 is 9.90 Å². The quantitative estimate of drug-likeness (QED) is 0.205. The van der Waals surface area contributed by atoms with E-state index in [1.807, 2.05) is 59.4 Å². The molecule has 8 nitrogen and oxygen atoms in total. The monoisotopic (exact) mass is 570 g/mol. The number of rotatable bonds is 7. The molecule has 1 amide bonds. The fraction of sp³-hybridized carbons (Fsp3) is 0.267. The van der Waals surface area contributed by atoms with Gasteiger partial charge in [-0.1, -0.05) is 30.3 Å². The minimum absolute atomic E-state index is 0.110. The first-order valence-corrected chi connectivity index (χ1v) is 15.0. The van der Waals surface area contributed by atoms with Crippen molar-refractivity contribution in [1.82, 2.24) is 19.9 Å². The van der Waals surface area contributed by atoms with Crippen molar-refractivity contribution in [3.8, 4) is 10.6 Å². The molecule has 0 atom stereocenters. The highest BCUT2D eigenvalue weighted by atomic mass is 32.1. The van der Waals surface area contributed by atoms with Crippen molar-refractivity contribution >= 4 is 56.0 Å². The second-order valence-corrected chi connectivity index (χ2v) is 12.0. The average Bonchev–Trinajstić information content (AvgIpc) is 3.63. The van der Waals surface area contributed by atoms with E-state index in [0.29, 0.717) is 37.4 Å². The number of anilines is 3. The summed E-state index contributed by atoms with van der Waals surface area (Å²) in [5.74, 6) is 0.600. The molecule has 0 saturated carbocycles. The molecule has 40 heavy (non-hydrogen) atoms. The molecule has 1 saturated heterocycles. The summed E-state index contributed by atoms with van der Waals surface area (Å²) in [6.07, 6.45) is 2.79. The molecule has 0 bridgehead atoms. The van der Waals surface area contributed by atoms with E-state index < -0.39 is 5.60 Å². The van der Waals surface area contributed by atoms with Gasteiger partial charge in [0.05, 0.1) is 26.9 Å². The van der Waals surface area contributed by atoms with Crippen LogP contribution >= 0.6 is 22.7 Å². The van der Waals surface area contributed by atoms with Crippen LogP contribution in [0, 0.1) is 0 Å². The number of carbonyl (C=O) groups excluding carboxylic acids is 1. The van der Waals surface area contributed by atoms with E-state index in [-0.39, 0.29) is 11.9 Å². The molecule has 0 aliphatic carbocycles. The van der Waals surface area contributed by atoms with Crippen LogP contribution in [-0.2, 0) is 5.60 Å². The molecule has 0 unspecified atom stereocenters. The molecule has 0 spiro atoms. The number of amides is 1. The number of pyridine rings is 1. The van der Waals surface area contributed by atoms with E-state index >= 15 is 0 Å². The Balaban J connectivity index is 1.19. The number of likely N-dealkylation sites (tertiary alicyclic amines) is 1. The highest BCUT2D eigenvalue weighted by Gasteiger charge is 2.36. The van der Waals surface area contributed by atoms with Crippen LogP contribution < -0.4 is 10.6 Å². The van der Waals surface area contributed by atoms with Crippen molar-refractivity contribution in [2.75, 3.05) is 23.7 Å². The molecule has 4 heterocycles. The number of fused-ring (bicyclic) bond motifs is 1. The summed E-state index contributed by atoms with van der Waals surface area (Å²) < 4.78 is 1.11. The largest absolute Gasteiger partial charge is 0.385 e. The summed E-state index contributed by atoms with van der Waals surface area (Å²) >= 11 is 3.03. The lowest BCUT2D eigenvalue weighted by Gasteiger charge is -2.38. The van der Waals surface area contributed by atoms with Gasteiger partial charge >= 0.3 is 0 Å². The Labute approximate surface area is 240 Å². The smallest absolute Gasteiger partial charge is 0.273 e. The molecule has 1 fully saturated rings. The van der Waals surface area contributed by atoms with E-state index in [0.717, 1.165) is 37.7 Å². The van der Waals surface area contributed by atoms with Crippen LogP contribution in [0.3, 0.4) is 0 Å². The van der Waals surface area contributed by atoms with Gasteiger partial charge in [-0.15, -0.1) is 22.7 Å². The summed E-state index contributed by atoms with van der Waals surface area (Å²) in [4.78, 5) is 28.8. The number of piperidine rings is 1. The Hall–Kier alpha value is -3.86. The molecular formula is C30H30N6O2S2. The maximum atomic E-state index is 13.3. The van der Waals surface area contributed by atoms with Gasteiger partial charge in [-0.3, -0.25) is 4.79 Å². The van der Waals surface area contributed by atoms with Crippen molar-refractivity contribution in [2.45, 2.75) is 38.3 Å². The lowest BCUT2D eigenvalue weighted by atomic mass is 9.84. The van der Waals surface area contributed by atoms with Gasteiger partial charge in [-0.2, -0.15) is 0 Å². The summed E-state index contributed by atoms with van der Waals surface area (Å²) in [7, 11) is 0. The van der Waals surface area contributed by atoms with Crippen molar-refractivity contribution in [2.24, 2.45) is 0 Å². The van der Waals surface area contributed by atoms with Gasteiger partial charge in [0, 0.05) is 48.1 Å². The minimum Gasteiger partial charge on any atom is -0.385 e. The first-order valence-electron chi connectivity index (χ1n) is 13.3. The number of nitrogens with one attached hydrogen (secondary N) is 2. The second-order valence-electron chi connectivity index (χ2n) is 10.3. The number of hydrogen-bond donors (Lipinski definition) is 3. The van der Waals surface area contributed by atoms with Gasteiger partial charge in [0.1, 0.15) is 16.5 Å². The Bertz CT molecular complexity index is 1640. The summed E-state index contributed by atoms with van der Waals surface area (Å²) in [6, 6.07) is 17.9. The van der Waals surface area contributed by atoms with Crippen molar-refractivity contribution in [1.29, 1.82) is 0 Å². The molecule has 3 aromatic heterocycles. The predicted molar refractivity (Wildman–Crippen MR) is 162 cm³/mol. The van der Waals surface area contributed by atoms with Crippen LogP contribution in [0.5, 0.6) is 0 Å². The number of thiazole rings is 2. The first-order chi connectivity index (χ1) is 19.4. The SMILES string of the molecule is CC(C)Nc1cc(Nc2ccc3ncsc3c2)ncc1-c1nc(C(=O)N2CCC(O)(c3ccccc3)CC2)cs1. The summed E-state index contributed by atoms with van der Waals surface area (Å²) in [6.45, 7) is 5.12. The third-order valence-electron chi connectivity index (χ3n) is 7.09. The third kappa shape index (κ3) is 5.42. The predicted octanol–water partition coefficient (Wildman–Crippen LogP) is 6.50. The molecule has 1 aliphatic rings. The molecule has 2 aromatic carbocycles. The zero-order valence-corrected chi connectivity index (χ0v) is 23.9. The van der Waals surface area contributed by atoms with E-state index in [1.54, 1.807) is 22.4 Å². The number of hydrogen-bond acceptors (Lipinski definition) is 9. The Morgan fingerprint density at radius 2 is 1.85 bits per heavy atom. The zero-order chi connectivity index (χ0) is 27.7. The van der Waals surface area contributed by atoms with Crippen molar-refractivity contribution in [3.05, 3.63) is 82.9 Å². The normalized spacial score (nSPS) is 14.9. The number of aromatic nitrogens is 3. The molecule has 1 aliphatic heterocycles. The second kappa shape index (κ2) is 11.0. The van der Waals surface area contributed by atoms with E-state index in [9.17, 15) is 9.90 Å². The number of benzene rings is 2. The van der Waals surface area contributed by atoms with Gasteiger partial charge in [-0.25, -0.2) is 15.0 Å². The fourth-order valence-electron chi connectivity index (χ4n) is 4.98. The maximum absolute atomic E-state index is 13.3. The summed E-state index contributed by atoms with van der Waals surface area (Å²) in [5.41, 5.74) is 5.91. The number of aliphatic hydroxyl groups is 1. The van der Waals surface area contributed by atoms with Crippen LogP contribution in [0.25, 0.3) is 20.8 Å². The van der Waals surface area contributed by atoms with Crippen LogP contribution in [0.15, 0.2) is 71.7 Å². The number of carbonyl (C=O) groups is 1. The highest BCUT2D eigenvalue weighted by molar-refractivity contribution is 7.16. The molecule has 0 radical (unpaired) electrons. The van der Waals surface area contributed by atoms with E-state index in [4.69, 9.17) is 4.98 Å². The van der Waals surface area contributed by atoms with Crippen LogP contribution in [-0.4, -0.2) is 50.0 Å². The van der Waals surface area contributed by atoms with Gasteiger partial charge in [0.25, 0.3) is 5.91 Å². The maximum Gasteiger partial charge on any atom is 0.273 e. The summed E-state index contributed by atoms with van der Waals surface area (Å²) in [5, 5.41) is 20.6. The molecule has 10 heteroatoms. The van der Waals surface area contributed by atoms with Crippen LogP contribution in [0.2, 0.25) is 0 Å². The van der Waals surface area contributed by atoms with Gasteiger partial charge < -0.3 is 20.6 Å². The molecule has 5 aromatic rings. The zero-order valence-electron chi connectivity index (χ0n) is 22.3. The Kier molecular flexibility index (Phi) is 7.22. The lowest BCUT2D eigenvalue weighted by molar-refractivity contribution is -0.0212. The van der Waals surface area contributed by atoms with Gasteiger partial charge in [0.15, 0.2) is 0 Å². The molecular weight excluding hydrogens is 541 g/mol. The standard InChI is InChI=1S/C30H30N6O2S2/c1-19(2)33-24-15-27(34-21-8-9-23-26(14-21)40-18-32-23)31-16-22(24)28-35-25(17-39-28)29(37)36-12-10-30(38,11-13-36)20-6-4-3-5-7-20/h3-9,14-19,38H,10-13H2,1-2H3,(H2,31,33,34). The fourth-order valence-corrected chi connectivity index (χ4v) is 6.51. The topological polar surface area (TPSA) is 103 Å². The Morgan fingerprint density at radius 3 is 2.62 bits per heavy atom. The van der Waals surface area contributed by atoms with Gasteiger partial charge in [-0.05, 0) is 50.5 Å². The Morgan fingerprint density at radius 1 is 1.05 bits per heavy atom. The van der Waals surface area contributed by atoms with Gasteiger partial charge in [0.2, 0.25) is 0 Å². The first kappa shape index (κ1) is 26.4. The van der Waals surface area contributed by atoms with Crippen LogP contribution in [0.4, 0.5) is 17.2 Å². The third-order valence-corrected chi connectivity index (χ3v) is 8.76. The van der Waals surface area contributed by atoms with Crippen LogP contribution in [0.1, 0.15) is 42.7 Å². The molecule has 3 N–H and O–H groups in total. The van der Waals surface area contributed by atoms with E-state index in [1.165, 1.54) is 11.3 Å².